The van der Waals surface area contributed by atoms with Gasteiger partial charge in [0.1, 0.15) is 17.4 Å². The van der Waals surface area contributed by atoms with Crippen molar-refractivity contribution in [1.29, 1.82) is 0 Å². The summed E-state index contributed by atoms with van der Waals surface area (Å²) in [4.78, 5) is 20.3. The Kier molecular flexibility index (Phi) is 8.74. The van der Waals surface area contributed by atoms with Gasteiger partial charge in [-0.3, -0.25) is 4.79 Å². The van der Waals surface area contributed by atoms with Gasteiger partial charge in [-0.1, -0.05) is 19.9 Å². The normalized spacial score (nSPS) is 11.4. The Morgan fingerprint density at radius 2 is 2.14 bits per heavy atom. The standard InChI is InChI=1S/C20H29N5O2S/c1-5-21-20(23-12-19-25-18(13-28-19)14(2)3)22-9-10-27-17-8-6-7-16(11-17)24-15(4)26/h6-8,11,13-14H,5,9-10,12H2,1-4H3,(H,24,26)(H2,21,22,23). The maximum Gasteiger partial charge on any atom is 0.221 e. The SMILES string of the molecule is CCNC(=NCc1nc(C(C)C)cs1)NCCOc1cccc(NC(C)=O)c1. The van der Waals surface area contributed by atoms with Crippen molar-refractivity contribution in [3.8, 4) is 5.75 Å². The van der Waals surface area contributed by atoms with Gasteiger partial charge in [0, 0.05) is 30.6 Å². The van der Waals surface area contributed by atoms with E-state index >= 15 is 0 Å². The predicted molar refractivity (Wildman–Crippen MR) is 115 cm³/mol. The zero-order chi connectivity index (χ0) is 20.4. The average molecular weight is 404 g/mol. The minimum atomic E-state index is -0.106. The molecule has 152 valence electrons. The number of guanidine groups is 1. The van der Waals surface area contributed by atoms with Crippen molar-refractivity contribution in [1.82, 2.24) is 15.6 Å². The van der Waals surface area contributed by atoms with Gasteiger partial charge in [-0.2, -0.15) is 0 Å². The third kappa shape index (κ3) is 7.56. The second-order valence-electron chi connectivity index (χ2n) is 6.50. The number of carbonyl (C=O) groups is 1. The third-order valence-corrected chi connectivity index (χ3v) is 4.55. The number of thiazole rings is 1. The number of aliphatic imine (C=N–C) groups is 1. The monoisotopic (exact) mass is 403 g/mol. The lowest BCUT2D eigenvalue weighted by Crippen LogP contribution is -2.39. The van der Waals surface area contributed by atoms with Gasteiger partial charge in [-0.05, 0) is 25.0 Å². The topological polar surface area (TPSA) is 87.6 Å². The molecule has 0 spiro atoms. The van der Waals surface area contributed by atoms with Gasteiger partial charge < -0.3 is 20.7 Å². The fourth-order valence-electron chi connectivity index (χ4n) is 2.36. The molecule has 0 unspecified atom stereocenters. The summed E-state index contributed by atoms with van der Waals surface area (Å²) in [7, 11) is 0. The number of hydrogen-bond donors (Lipinski definition) is 3. The molecule has 0 aliphatic carbocycles. The van der Waals surface area contributed by atoms with Crippen LogP contribution in [0.1, 0.15) is 44.3 Å². The van der Waals surface area contributed by atoms with Gasteiger partial charge >= 0.3 is 0 Å². The van der Waals surface area contributed by atoms with E-state index in [9.17, 15) is 4.79 Å². The summed E-state index contributed by atoms with van der Waals surface area (Å²) in [6, 6.07) is 7.33. The Morgan fingerprint density at radius 3 is 2.82 bits per heavy atom. The van der Waals surface area contributed by atoms with E-state index in [4.69, 9.17) is 4.74 Å². The molecule has 1 amide bonds. The van der Waals surface area contributed by atoms with Crippen LogP contribution in [0.5, 0.6) is 5.75 Å². The summed E-state index contributed by atoms with van der Waals surface area (Å²) in [5, 5.41) is 12.3. The molecule has 8 heteroatoms. The molecule has 0 aliphatic rings. The first-order valence-electron chi connectivity index (χ1n) is 9.44. The van der Waals surface area contributed by atoms with Crippen LogP contribution in [0.4, 0.5) is 5.69 Å². The molecule has 1 heterocycles. The number of nitrogens with zero attached hydrogens (tertiary/aromatic N) is 2. The van der Waals surface area contributed by atoms with Crippen molar-refractivity contribution < 1.29 is 9.53 Å². The summed E-state index contributed by atoms with van der Waals surface area (Å²) in [5.74, 6) is 1.77. The van der Waals surface area contributed by atoms with Gasteiger partial charge in [-0.15, -0.1) is 11.3 Å². The lowest BCUT2D eigenvalue weighted by Gasteiger charge is -2.12. The van der Waals surface area contributed by atoms with Crippen molar-refractivity contribution in [2.45, 2.75) is 40.2 Å². The quantitative estimate of drug-likeness (QED) is 0.339. The lowest BCUT2D eigenvalue weighted by molar-refractivity contribution is -0.114. The van der Waals surface area contributed by atoms with Crippen LogP contribution in [0.25, 0.3) is 0 Å². The molecule has 0 bridgehead atoms. The Hall–Kier alpha value is -2.61. The molecule has 2 rings (SSSR count). The maximum absolute atomic E-state index is 11.1. The molecule has 28 heavy (non-hydrogen) atoms. The first-order chi connectivity index (χ1) is 13.5. The number of nitrogens with one attached hydrogen (secondary N) is 3. The van der Waals surface area contributed by atoms with Crippen LogP contribution in [0.3, 0.4) is 0 Å². The van der Waals surface area contributed by atoms with Crippen LogP contribution in [0, 0.1) is 0 Å². The Bertz CT molecular complexity index is 788. The molecular formula is C20H29N5O2S. The van der Waals surface area contributed by atoms with Crippen molar-refractivity contribution in [3.05, 3.63) is 40.3 Å². The summed E-state index contributed by atoms with van der Waals surface area (Å²) in [6.45, 7) is 10.2. The molecule has 0 fully saturated rings. The molecule has 0 saturated carbocycles. The average Bonchev–Trinajstić information content (AvgIpc) is 3.12. The van der Waals surface area contributed by atoms with Gasteiger partial charge in [0.2, 0.25) is 5.91 Å². The van der Waals surface area contributed by atoms with Crippen LogP contribution in [-0.4, -0.2) is 36.5 Å². The molecule has 0 saturated heterocycles. The van der Waals surface area contributed by atoms with Crippen LogP contribution in [0.2, 0.25) is 0 Å². The van der Waals surface area contributed by atoms with Gasteiger partial charge in [0.05, 0.1) is 18.8 Å². The van der Waals surface area contributed by atoms with Crippen LogP contribution in [-0.2, 0) is 11.3 Å². The minimum absolute atomic E-state index is 0.106. The molecule has 3 N–H and O–H groups in total. The lowest BCUT2D eigenvalue weighted by atomic mass is 10.2. The van der Waals surface area contributed by atoms with E-state index in [0.717, 1.165) is 28.9 Å². The van der Waals surface area contributed by atoms with Gasteiger partial charge in [0.25, 0.3) is 0 Å². The Balaban J connectivity index is 1.81. The summed E-state index contributed by atoms with van der Waals surface area (Å²) in [6.07, 6.45) is 0. The number of ether oxygens (including phenoxy) is 1. The van der Waals surface area contributed by atoms with Crippen LogP contribution in [0.15, 0.2) is 34.6 Å². The highest BCUT2D eigenvalue weighted by atomic mass is 32.1. The van der Waals surface area contributed by atoms with E-state index in [-0.39, 0.29) is 5.91 Å². The number of amides is 1. The van der Waals surface area contributed by atoms with E-state index in [0.29, 0.717) is 31.4 Å². The van der Waals surface area contributed by atoms with Crippen LogP contribution < -0.4 is 20.7 Å². The van der Waals surface area contributed by atoms with E-state index < -0.39 is 0 Å². The maximum atomic E-state index is 11.1. The Morgan fingerprint density at radius 1 is 1.32 bits per heavy atom. The smallest absolute Gasteiger partial charge is 0.221 e. The minimum Gasteiger partial charge on any atom is -0.492 e. The first kappa shape index (κ1) is 21.7. The number of hydrogen-bond acceptors (Lipinski definition) is 5. The van der Waals surface area contributed by atoms with Crippen molar-refractivity contribution >= 4 is 28.9 Å². The Labute approximate surface area is 170 Å². The molecule has 7 nitrogen and oxygen atoms in total. The predicted octanol–water partition coefficient (Wildman–Crippen LogP) is 3.36. The van der Waals surface area contributed by atoms with E-state index in [1.54, 1.807) is 17.4 Å². The van der Waals surface area contributed by atoms with Gasteiger partial charge in [-0.25, -0.2) is 9.98 Å². The fraction of sp³-hybridized carbons (Fsp3) is 0.450. The number of benzene rings is 1. The molecule has 0 atom stereocenters. The van der Waals surface area contributed by atoms with Crippen molar-refractivity contribution in [2.24, 2.45) is 4.99 Å². The van der Waals surface area contributed by atoms with Crippen molar-refractivity contribution in [3.63, 3.8) is 0 Å². The van der Waals surface area contributed by atoms with Crippen molar-refractivity contribution in [2.75, 3.05) is 25.0 Å². The van der Waals surface area contributed by atoms with E-state index in [1.165, 1.54) is 6.92 Å². The molecule has 0 radical (unpaired) electrons. The molecule has 1 aromatic carbocycles. The molecular weight excluding hydrogens is 374 g/mol. The zero-order valence-electron chi connectivity index (χ0n) is 16.9. The van der Waals surface area contributed by atoms with E-state index in [2.05, 4.69) is 45.2 Å². The highest BCUT2D eigenvalue weighted by Gasteiger charge is 2.06. The highest BCUT2D eigenvalue weighted by Crippen LogP contribution is 2.18. The number of anilines is 1. The number of carbonyl (C=O) groups excluding carboxylic acids is 1. The van der Waals surface area contributed by atoms with Gasteiger partial charge in [0.15, 0.2) is 5.96 Å². The molecule has 0 aliphatic heterocycles. The van der Waals surface area contributed by atoms with Crippen LogP contribution >= 0.6 is 11.3 Å². The second kappa shape index (κ2) is 11.3. The summed E-state index contributed by atoms with van der Waals surface area (Å²) < 4.78 is 5.74. The largest absolute Gasteiger partial charge is 0.492 e. The third-order valence-electron chi connectivity index (χ3n) is 3.70. The zero-order valence-corrected chi connectivity index (χ0v) is 17.7. The number of rotatable bonds is 9. The first-order valence-corrected chi connectivity index (χ1v) is 10.3. The number of aromatic nitrogens is 1. The molecule has 2 aromatic rings. The summed E-state index contributed by atoms with van der Waals surface area (Å²) >= 11 is 1.64. The molecule has 1 aromatic heterocycles. The fourth-order valence-corrected chi connectivity index (χ4v) is 3.24. The van der Waals surface area contributed by atoms with E-state index in [1.807, 2.05) is 25.1 Å². The highest BCUT2D eigenvalue weighted by molar-refractivity contribution is 7.09. The summed E-state index contributed by atoms with van der Waals surface area (Å²) in [5.41, 5.74) is 1.83. The second-order valence-corrected chi connectivity index (χ2v) is 7.44.